The molecule has 2 N–H and O–H groups in total. The predicted octanol–water partition coefficient (Wildman–Crippen LogP) is 0.524. The van der Waals surface area contributed by atoms with E-state index in [2.05, 4.69) is 38.1 Å². The molecular formula is C22H30N2O3+2. The molecule has 5 nitrogen and oxygen atoms in total. The SMILES string of the molecule is COc1ccc(C[NH+]2CC[NH+](Cc3ccc4c(c3)OCO4)CC2)c(C)c1C. The maximum absolute atomic E-state index is 5.50. The van der Waals surface area contributed by atoms with Crippen molar-refractivity contribution in [1.29, 1.82) is 0 Å². The van der Waals surface area contributed by atoms with Crippen molar-refractivity contribution in [3.05, 3.63) is 52.6 Å². The van der Waals surface area contributed by atoms with E-state index >= 15 is 0 Å². The lowest BCUT2D eigenvalue weighted by Crippen LogP contribution is -3.27. The number of methoxy groups -OCH3 is 1. The quantitative estimate of drug-likeness (QED) is 0.806. The van der Waals surface area contributed by atoms with Crippen LogP contribution in [-0.4, -0.2) is 40.1 Å². The molecule has 0 bridgehead atoms. The number of nitrogens with one attached hydrogen (secondary N) is 2. The van der Waals surface area contributed by atoms with E-state index in [0.717, 1.165) is 30.3 Å². The Labute approximate surface area is 161 Å². The third-order valence-corrected chi connectivity index (χ3v) is 6.07. The monoisotopic (exact) mass is 370 g/mol. The molecule has 27 heavy (non-hydrogen) atoms. The number of piperazine rings is 1. The zero-order valence-corrected chi connectivity index (χ0v) is 16.6. The Morgan fingerprint density at radius 3 is 2.30 bits per heavy atom. The topological polar surface area (TPSA) is 36.6 Å². The van der Waals surface area contributed by atoms with Gasteiger partial charge < -0.3 is 24.0 Å². The second-order valence-corrected chi connectivity index (χ2v) is 7.72. The molecule has 2 heterocycles. The lowest BCUT2D eigenvalue weighted by atomic mass is 10.0. The van der Waals surface area contributed by atoms with Gasteiger partial charge in [-0.1, -0.05) is 0 Å². The predicted molar refractivity (Wildman–Crippen MR) is 104 cm³/mol. The second-order valence-electron chi connectivity index (χ2n) is 7.72. The first kappa shape index (κ1) is 18.1. The van der Waals surface area contributed by atoms with Gasteiger partial charge in [0, 0.05) is 11.1 Å². The van der Waals surface area contributed by atoms with E-state index in [-0.39, 0.29) is 0 Å². The van der Waals surface area contributed by atoms with E-state index in [9.17, 15) is 0 Å². The van der Waals surface area contributed by atoms with E-state index in [0.29, 0.717) is 6.79 Å². The summed E-state index contributed by atoms with van der Waals surface area (Å²) < 4.78 is 16.4. The van der Waals surface area contributed by atoms with Crippen LogP contribution in [0.15, 0.2) is 30.3 Å². The van der Waals surface area contributed by atoms with Crippen LogP contribution in [0.1, 0.15) is 22.3 Å². The summed E-state index contributed by atoms with van der Waals surface area (Å²) in [6.45, 7) is 11.7. The Kier molecular flexibility index (Phi) is 5.23. The maximum Gasteiger partial charge on any atom is 0.231 e. The van der Waals surface area contributed by atoms with Crippen LogP contribution in [0.5, 0.6) is 17.2 Å². The van der Waals surface area contributed by atoms with Crippen molar-refractivity contribution in [3.63, 3.8) is 0 Å². The van der Waals surface area contributed by atoms with Gasteiger partial charge in [-0.3, -0.25) is 0 Å². The Morgan fingerprint density at radius 1 is 0.852 bits per heavy atom. The van der Waals surface area contributed by atoms with E-state index < -0.39 is 0 Å². The molecule has 5 heteroatoms. The van der Waals surface area contributed by atoms with Gasteiger partial charge in [0.15, 0.2) is 11.5 Å². The Bertz CT molecular complexity index is 813. The van der Waals surface area contributed by atoms with Crippen molar-refractivity contribution in [2.24, 2.45) is 0 Å². The maximum atomic E-state index is 5.50. The molecule has 2 aromatic rings. The molecule has 1 saturated heterocycles. The van der Waals surface area contributed by atoms with Crippen molar-refractivity contribution < 1.29 is 24.0 Å². The summed E-state index contributed by atoms with van der Waals surface area (Å²) in [4.78, 5) is 3.33. The van der Waals surface area contributed by atoms with E-state index in [1.165, 1.54) is 48.4 Å². The lowest BCUT2D eigenvalue weighted by molar-refractivity contribution is -1.02. The standard InChI is InChI=1S/C22H28N2O3/c1-16-17(2)20(25-3)7-5-19(16)14-24-10-8-23(9-11-24)13-18-4-6-21-22(12-18)27-15-26-21/h4-7,12H,8-11,13-15H2,1-3H3/p+2. The summed E-state index contributed by atoms with van der Waals surface area (Å²) in [5, 5.41) is 0. The highest BCUT2D eigenvalue weighted by Crippen LogP contribution is 2.32. The first-order valence-electron chi connectivity index (χ1n) is 9.83. The molecular weight excluding hydrogens is 340 g/mol. The fourth-order valence-corrected chi connectivity index (χ4v) is 4.18. The lowest BCUT2D eigenvalue weighted by Gasteiger charge is -2.30. The van der Waals surface area contributed by atoms with E-state index in [1.807, 2.05) is 6.07 Å². The molecule has 2 aliphatic rings. The molecule has 0 aromatic heterocycles. The van der Waals surface area contributed by atoms with Crippen LogP contribution in [0.4, 0.5) is 0 Å². The molecule has 144 valence electrons. The average Bonchev–Trinajstić information content (AvgIpc) is 3.15. The van der Waals surface area contributed by atoms with Gasteiger partial charge in [0.05, 0.1) is 7.11 Å². The van der Waals surface area contributed by atoms with E-state index in [1.54, 1.807) is 16.9 Å². The van der Waals surface area contributed by atoms with Crippen molar-refractivity contribution in [1.82, 2.24) is 0 Å². The molecule has 2 aromatic carbocycles. The largest absolute Gasteiger partial charge is 0.496 e. The van der Waals surface area contributed by atoms with Gasteiger partial charge in [-0.2, -0.15) is 0 Å². The summed E-state index contributed by atoms with van der Waals surface area (Å²) in [5.74, 6) is 2.75. The molecule has 0 spiro atoms. The zero-order chi connectivity index (χ0) is 18.8. The van der Waals surface area contributed by atoms with Gasteiger partial charge in [0.25, 0.3) is 0 Å². The number of fused-ring (bicyclic) bond motifs is 1. The van der Waals surface area contributed by atoms with Crippen LogP contribution in [-0.2, 0) is 13.1 Å². The van der Waals surface area contributed by atoms with Crippen LogP contribution in [0.25, 0.3) is 0 Å². The van der Waals surface area contributed by atoms with Crippen molar-refractivity contribution in [2.75, 3.05) is 40.1 Å². The smallest absolute Gasteiger partial charge is 0.231 e. The Morgan fingerprint density at radius 2 is 1.56 bits per heavy atom. The van der Waals surface area contributed by atoms with Crippen LogP contribution in [0.2, 0.25) is 0 Å². The van der Waals surface area contributed by atoms with Crippen LogP contribution >= 0.6 is 0 Å². The normalized spacial score (nSPS) is 21.3. The molecule has 2 aliphatic heterocycles. The Hall–Kier alpha value is -2.24. The molecule has 1 fully saturated rings. The Balaban J connectivity index is 1.32. The van der Waals surface area contributed by atoms with Gasteiger partial charge in [0.2, 0.25) is 6.79 Å². The number of ether oxygens (including phenoxy) is 3. The molecule has 0 saturated carbocycles. The molecule has 0 radical (unpaired) electrons. The highest BCUT2D eigenvalue weighted by atomic mass is 16.7. The fourth-order valence-electron chi connectivity index (χ4n) is 4.18. The number of hydrogen-bond acceptors (Lipinski definition) is 3. The van der Waals surface area contributed by atoms with Crippen LogP contribution in [0.3, 0.4) is 0 Å². The summed E-state index contributed by atoms with van der Waals surface area (Å²) in [6, 6.07) is 10.7. The minimum Gasteiger partial charge on any atom is -0.496 e. The first-order chi connectivity index (χ1) is 13.1. The highest BCUT2D eigenvalue weighted by molar-refractivity contribution is 5.44. The molecule has 4 rings (SSSR count). The van der Waals surface area contributed by atoms with Gasteiger partial charge in [-0.05, 0) is 55.3 Å². The van der Waals surface area contributed by atoms with Gasteiger partial charge >= 0.3 is 0 Å². The third kappa shape index (κ3) is 3.89. The van der Waals surface area contributed by atoms with Crippen molar-refractivity contribution in [3.8, 4) is 17.2 Å². The van der Waals surface area contributed by atoms with Gasteiger partial charge in [-0.25, -0.2) is 0 Å². The minimum atomic E-state index is 0.345. The molecule has 0 atom stereocenters. The van der Waals surface area contributed by atoms with E-state index in [4.69, 9.17) is 14.2 Å². The first-order valence-corrected chi connectivity index (χ1v) is 9.83. The zero-order valence-electron chi connectivity index (χ0n) is 16.6. The summed E-state index contributed by atoms with van der Waals surface area (Å²) in [5.41, 5.74) is 5.42. The molecule has 0 unspecified atom stereocenters. The number of quaternary nitrogens is 2. The second kappa shape index (κ2) is 7.79. The average molecular weight is 370 g/mol. The highest BCUT2D eigenvalue weighted by Gasteiger charge is 2.24. The minimum absolute atomic E-state index is 0.345. The van der Waals surface area contributed by atoms with Crippen molar-refractivity contribution in [2.45, 2.75) is 26.9 Å². The van der Waals surface area contributed by atoms with Crippen LogP contribution < -0.4 is 24.0 Å². The molecule has 0 aliphatic carbocycles. The number of rotatable bonds is 5. The number of benzene rings is 2. The third-order valence-electron chi connectivity index (χ3n) is 6.07. The van der Waals surface area contributed by atoms with Gasteiger partial charge in [-0.15, -0.1) is 0 Å². The summed E-state index contributed by atoms with van der Waals surface area (Å²) in [6.07, 6.45) is 0. The summed E-state index contributed by atoms with van der Waals surface area (Å²) >= 11 is 0. The summed E-state index contributed by atoms with van der Waals surface area (Å²) in [7, 11) is 1.74. The molecule has 0 amide bonds. The van der Waals surface area contributed by atoms with Crippen molar-refractivity contribution >= 4 is 0 Å². The van der Waals surface area contributed by atoms with Gasteiger partial charge in [0.1, 0.15) is 45.0 Å². The van der Waals surface area contributed by atoms with Crippen LogP contribution in [0, 0.1) is 13.8 Å². The number of hydrogen-bond donors (Lipinski definition) is 2. The fraction of sp³-hybridized carbons (Fsp3) is 0.455.